The van der Waals surface area contributed by atoms with E-state index in [0.29, 0.717) is 5.69 Å². The molecule has 1 aromatic carbocycles. The van der Waals surface area contributed by atoms with E-state index in [2.05, 4.69) is 0 Å². The molecule has 0 heterocycles. The highest BCUT2D eigenvalue weighted by atomic mass is 14.6. The fraction of sp³-hybridized carbons (Fsp3) is 0.250. The first-order valence-electron chi connectivity index (χ1n) is 3.27. The standard InChI is InChI=1S/C8H11N2/c1-6(9)7-4-2-3-5-8(7)10/h2-6,9H,10H2,1H3/t6-/m0/s1. The Morgan fingerprint density at radius 3 is 2.40 bits per heavy atom. The average molecular weight is 135 g/mol. The SMILES string of the molecule is C[C@H]([NH])c1ccccc1N. The van der Waals surface area contributed by atoms with Crippen LogP contribution in [0.1, 0.15) is 18.5 Å². The van der Waals surface area contributed by atoms with Crippen molar-refractivity contribution in [3.63, 3.8) is 0 Å². The number of nitrogens with one attached hydrogen (secondary N) is 1. The van der Waals surface area contributed by atoms with Gasteiger partial charge in [-0.3, -0.25) is 0 Å². The van der Waals surface area contributed by atoms with E-state index >= 15 is 0 Å². The minimum Gasteiger partial charge on any atom is -0.398 e. The monoisotopic (exact) mass is 135 g/mol. The van der Waals surface area contributed by atoms with Crippen molar-refractivity contribution in [1.82, 2.24) is 5.73 Å². The molecule has 0 fully saturated rings. The zero-order valence-electron chi connectivity index (χ0n) is 5.96. The molecule has 0 saturated carbocycles. The molecule has 10 heavy (non-hydrogen) atoms. The Kier molecular flexibility index (Phi) is 1.92. The lowest BCUT2D eigenvalue weighted by molar-refractivity contribution is 0.791. The maximum atomic E-state index is 7.38. The highest BCUT2D eigenvalue weighted by molar-refractivity contribution is 5.47. The number of benzene rings is 1. The van der Waals surface area contributed by atoms with Gasteiger partial charge in [-0.2, -0.15) is 0 Å². The second kappa shape index (κ2) is 2.71. The van der Waals surface area contributed by atoms with Crippen LogP contribution in [-0.4, -0.2) is 0 Å². The summed E-state index contributed by atoms with van der Waals surface area (Å²) in [6.45, 7) is 1.81. The van der Waals surface area contributed by atoms with Crippen molar-refractivity contribution in [2.75, 3.05) is 5.73 Å². The van der Waals surface area contributed by atoms with Crippen LogP contribution in [-0.2, 0) is 0 Å². The van der Waals surface area contributed by atoms with Crippen LogP contribution in [0.5, 0.6) is 0 Å². The smallest absolute Gasteiger partial charge is 0.0454 e. The molecule has 1 atom stereocenters. The number of anilines is 1. The molecule has 2 heteroatoms. The number of para-hydroxylation sites is 1. The lowest BCUT2D eigenvalue weighted by atomic mass is 10.1. The predicted molar refractivity (Wildman–Crippen MR) is 42.4 cm³/mol. The lowest BCUT2D eigenvalue weighted by Crippen LogP contribution is -1.98. The van der Waals surface area contributed by atoms with Crippen LogP contribution >= 0.6 is 0 Å². The Hall–Kier alpha value is -1.02. The molecular weight excluding hydrogens is 124 g/mol. The highest BCUT2D eigenvalue weighted by Crippen LogP contribution is 2.17. The van der Waals surface area contributed by atoms with E-state index < -0.39 is 0 Å². The first-order chi connectivity index (χ1) is 4.72. The van der Waals surface area contributed by atoms with Gasteiger partial charge in [0.05, 0.1) is 0 Å². The summed E-state index contributed by atoms with van der Waals surface area (Å²) in [4.78, 5) is 0. The van der Waals surface area contributed by atoms with Crippen molar-refractivity contribution in [1.29, 1.82) is 0 Å². The van der Waals surface area contributed by atoms with E-state index in [1.807, 2.05) is 31.2 Å². The topological polar surface area (TPSA) is 49.8 Å². The maximum Gasteiger partial charge on any atom is 0.0454 e. The van der Waals surface area contributed by atoms with Crippen molar-refractivity contribution in [2.45, 2.75) is 13.0 Å². The highest BCUT2D eigenvalue weighted by Gasteiger charge is 2.01. The average Bonchev–Trinajstić information content (AvgIpc) is 1.88. The first kappa shape index (κ1) is 7.09. The molecule has 0 unspecified atom stereocenters. The van der Waals surface area contributed by atoms with Crippen LogP contribution in [0.3, 0.4) is 0 Å². The van der Waals surface area contributed by atoms with E-state index in [4.69, 9.17) is 11.5 Å². The van der Waals surface area contributed by atoms with Crippen LogP contribution in [0, 0.1) is 0 Å². The van der Waals surface area contributed by atoms with Gasteiger partial charge in [0.1, 0.15) is 0 Å². The van der Waals surface area contributed by atoms with Gasteiger partial charge in [-0.1, -0.05) is 18.2 Å². The summed E-state index contributed by atoms with van der Waals surface area (Å²) in [6, 6.07) is 7.26. The Morgan fingerprint density at radius 1 is 1.40 bits per heavy atom. The zero-order chi connectivity index (χ0) is 7.56. The second-order valence-corrected chi connectivity index (χ2v) is 2.35. The lowest BCUT2D eigenvalue weighted by Gasteiger charge is -2.06. The van der Waals surface area contributed by atoms with Gasteiger partial charge in [0.15, 0.2) is 0 Å². The van der Waals surface area contributed by atoms with Gasteiger partial charge in [0.25, 0.3) is 0 Å². The van der Waals surface area contributed by atoms with E-state index in [1.165, 1.54) is 0 Å². The number of nitrogen functional groups attached to an aromatic ring is 1. The van der Waals surface area contributed by atoms with E-state index in [9.17, 15) is 0 Å². The minimum atomic E-state index is -0.221. The van der Waals surface area contributed by atoms with Crippen molar-refractivity contribution >= 4 is 5.69 Å². The van der Waals surface area contributed by atoms with Crippen molar-refractivity contribution in [3.8, 4) is 0 Å². The molecule has 0 spiro atoms. The van der Waals surface area contributed by atoms with Crippen LogP contribution in [0.2, 0.25) is 0 Å². The quantitative estimate of drug-likeness (QED) is 0.584. The first-order valence-corrected chi connectivity index (χ1v) is 3.27. The summed E-state index contributed by atoms with van der Waals surface area (Å²) in [7, 11) is 0. The third kappa shape index (κ3) is 1.28. The van der Waals surface area contributed by atoms with Crippen molar-refractivity contribution in [2.24, 2.45) is 0 Å². The molecule has 53 valence electrons. The minimum absolute atomic E-state index is 0.221. The molecule has 0 bridgehead atoms. The van der Waals surface area contributed by atoms with Gasteiger partial charge in [0.2, 0.25) is 0 Å². The van der Waals surface area contributed by atoms with Gasteiger partial charge in [-0.25, -0.2) is 5.73 Å². The van der Waals surface area contributed by atoms with Crippen LogP contribution in [0.4, 0.5) is 5.69 Å². The third-order valence-electron chi connectivity index (χ3n) is 1.46. The Morgan fingerprint density at radius 2 is 2.00 bits per heavy atom. The fourth-order valence-electron chi connectivity index (χ4n) is 0.905. The second-order valence-electron chi connectivity index (χ2n) is 2.35. The molecule has 1 aromatic rings. The van der Waals surface area contributed by atoms with E-state index in [0.717, 1.165) is 5.56 Å². The Balaban J connectivity index is 3.03. The number of rotatable bonds is 1. The molecule has 3 N–H and O–H groups in total. The van der Waals surface area contributed by atoms with Crippen LogP contribution in [0.25, 0.3) is 0 Å². The Bertz CT molecular complexity index is 218. The van der Waals surface area contributed by atoms with Crippen molar-refractivity contribution < 1.29 is 0 Å². The summed E-state index contributed by atoms with van der Waals surface area (Å²) in [5.74, 6) is 0. The largest absolute Gasteiger partial charge is 0.398 e. The summed E-state index contributed by atoms with van der Waals surface area (Å²) in [6.07, 6.45) is 0. The van der Waals surface area contributed by atoms with Gasteiger partial charge < -0.3 is 5.73 Å². The van der Waals surface area contributed by atoms with Gasteiger partial charge in [-0.15, -0.1) is 0 Å². The molecule has 1 radical (unpaired) electrons. The molecule has 0 amide bonds. The maximum absolute atomic E-state index is 7.38. The molecule has 2 nitrogen and oxygen atoms in total. The molecule has 0 aliphatic carbocycles. The van der Waals surface area contributed by atoms with Crippen molar-refractivity contribution in [3.05, 3.63) is 29.8 Å². The van der Waals surface area contributed by atoms with Gasteiger partial charge in [-0.05, 0) is 18.6 Å². The summed E-state index contributed by atoms with van der Waals surface area (Å²) in [5, 5.41) is 0. The number of hydrogen-bond acceptors (Lipinski definition) is 1. The third-order valence-corrected chi connectivity index (χ3v) is 1.46. The number of nitrogens with two attached hydrogens (primary N) is 1. The van der Waals surface area contributed by atoms with Gasteiger partial charge >= 0.3 is 0 Å². The van der Waals surface area contributed by atoms with E-state index in [-0.39, 0.29) is 6.04 Å². The fourth-order valence-corrected chi connectivity index (χ4v) is 0.905. The van der Waals surface area contributed by atoms with Crippen LogP contribution < -0.4 is 11.5 Å². The molecule has 0 aliphatic heterocycles. The molecule has 1 rings (SSSR count). The summed E-state index contributed by atoms with van der Waals surface area (Å²) < 4.78 is 0. The zero-order valence-corrected chi connectivity index (χ0v) is 5.96. The molecule has 0 saturated heterocycles. The number of hydrogen-bond donors (Lipinski definition) is 1. The summed E-state index contributed by atoms with van der Waals surface area (Å²) in [5.41, 5.74) is 14.6. The molecular formula is C8H11N2. The van der Waals surface area contributed by atoms with Gasteiger partial charge in [0, 0.05) is 11.7 Å². The molecule has 0 aliphatic rings. The molecule has 0 aromatic heterocycles. The normalized spacial score (nSPS) is 13.0. The Labute approximate surface area is 60.8 Å². The summed E-state index contributed by atoms with van der Waals surface area (Å²) >= 11 is 0. The van der Waals surface area contributed by atoms with E-state index in [1.54, 1.807) is 0 Å². The predicted octanol–water partition coefficient (Wildman–Crippen LogP) is 1.61. The van der Waals surface area contributed by atoms with Crippen LogP contribution in [0.15, 0.2) is 24.3 Å².